The average molecular weight is 393 g/mol. The molecule has 6 nitrogen and oxygen atoms in total. The van der Waals surface area contributed by atoms with Crippen LogP contribution in [0.3, 0.4) is 0 Å². The molecule has 0 aliphatic heterocycles. The van der Waals surface area contributed by atoms with E-state index in [4.69, 9.17) is 16.3 Å². The van der Waals surface area contributed by atoms with Crippen molar-refractivity contribution in [2.75, 3.05) is 12.4 Å². The fraction of sp³-hybridized carbons (Fsp3) is 0.182. The minimum absolute atomic E-state index is 0.208. The van der Waals surface area contributed by atoms with Crippen molar-refractivity contribution in [3.63, 3.8) is 0 Å². The summed E-state index contributed by atoms with van der Waals surface area (Å²) in [4.78, 5) is 16.1. The molecule has 0 saturated carbocycles. The highest BCUT2D eigenvalue weighted by Gasteiger charge is 2.16. The van der Waals surface area contributed by atoms with Gasteiger partial charge in [-0.25, -0.2) is 0 Å². The molecule has 1 heterocycles. The van der Waals surface area contributed by atoms with Crippen molar-refractivity contribution in [3.8, 4) is 5.75 Å². The molecule has 0 saturated heterocycles. The van der Waals surface area contributed by atoms with E-state index in [0.717, 1.165) is 3.57 Å². The van der Waals surface area contributed by atoms with E-state index < -0.39 is 0 Å². The van der Waals surface area contributed by atoms with Gasteiger partial charge in [0.1, 0.15) is 11.6 Å². The largest absolute Gasteiger partial charge is 0.496 e. The fourth-order valence-corrected chi connectivity index (χ4v) is 2.04. The van der Waals surface area contributed by atoms with Crippen LogP contribution in [0.15, 0.2) is 12.1 Å². The van der Waals surface area contributed by atoms with Crippen molar-refractivity contribution in [1.29, 1.82) is 0 Å². The standard InChI is InChI=1S/C11H10ClIN4O2/c1-5-14-11(17-16-5)15-10(18)6-3-7(12)8(13)4-9(6)19-2/h3-4H,1-2H3,(H2,14,15,16,17,18). The summed E-state index contributed by atoms with van der Waals surface area (Å²) in [5, 5.41) is 9.52. The Morgan fingerprint density at radius 3 is 2.84 bits per heavy atom. The zero-order valence-corrected chi connectivity index (χ0v) is 13.0. The number of aromatic nitrogens is 3. The number of amides is 1. The number of ether oxygens (including phenoxy) is 1. The number of methoxy groups -OCH3 is 1. The van der Waals surface area contributed by atoms with Crippen molar-refractivity contribution < 1.29 is 9.53 Å². The van der Waals surface area contributed by atoms with Gasteiger partial charge in [-0.2, -0.15) is 4.98 Å². The zero-order chi connectivity index (χ0) is 14.0. The molecule has 0 radical (unpaired) electrons. The number of nitrogens with one attached hydrogen (secondary N) is 2. The van der Waals surface area contributed by atoms with Crippen LogP contribution >= 0.6 is 34.2 Å². The van der Waals surface area contributed by atoms with E-state index >= 15 is 0 Å². The highest BCUT2D eigenvalue weighted by Crippen LogP contribution is 2.28. The Kier molecular flexibility index (Phi) is 4.25. The number of rotatable bonds is 3. The van der Waals surface area contributed by atoms with Gasteiger partial charge < -0.3 is 4.74 Å². The number of H-pyrrole nitrogens is 1. The third-order valence-corrected chi connectivity index (χ3v) is 3.83. The Hall–Kier alpha value is -1.35. The quantitative estimate of drug-likeness (QED) is 0.787. The number of halogens is 2. The summed E-state index contributed by atoms with van der Waals surface area (Å²) < 4.78 is 5.98. The second-order valence-corrected chi connectivity index (χ2v) is 5.23. The van der Waals surface area contributed by atoms with Crippen molar-refractivity contribution in [3.05, 3.63) is 32.1 Å². The van der Waals surface area contributed by atoms with Crippen LogP contribution in [-0.2, 0) is 0 Å². The highest BCUT2D eigenvalue weighted by atomic mass is 127. The average Bonchev–Trinajstić information content (AvgIpc) is 2.77. The number of hydrogen-bond donors (Lipinski definition) is 2. The second-order valence-electron chi connectivity index (χ2n) is 3.67. The maximum Gasteiger partial charge on any atom is 0.261 e. The molecule has 1 aromatic heterocycles. The molecule has 0 atom stereocenters. The minimum Gasteiger partial charge on any atom is -0.496 e. The first-order valence-electron chi connectivity index (χ1n) is 5.24. The molecule has 0 fully saturated rings. The Bertz CT molecular complexity index is 629. The maximum absolute atomic E-state index is 12.1. The van der Waals surface area contributed by atoms with Crippen molar-refractivity contribution in [1.82, 2.24) is 15.2 Å². The molecule has 100 valence electrons. The SMILES string of the molecule is COc1cc(I)c(Cl)cc1C(=O)Nc1n[nH]c(C)n1. The molecule has 8 heteroatoms. The van der Waals surface area contributed by atoms with Gasteiger partial charge in [-0.3, -0.25) is 15.2 Å². The van der Waals surface area contributed by atoms with Crippen LogP contribution in [0, 0.1) is 10.5 Å². The first-order valence-corrected chi connectivity index (χ1v) is 6.70. The lowest BCUT2D eigenvalue weighted by Gasteiger charge is -2.09. The zero-order valence-electron chi connectivity index (χ0n) is 10.1. The van der Waals surface area contributed by atoms with Crippen LogP contribution in [0.25, 0.3) is 0 Å². The van der Waals surface area contributed by atoms with E-state index in [9.17, 15) is 4.79 Å². The van der Waals surface area contributed by atoms with E-state index in [1.54, 1.807) is 19.1 Å². The molecule has 2 N–H and O–H groups in total. The van der Waals surface area contributed by atoms with E-state index in [1.165, 1.54) is 7.11 Å². The summed E-state index contributed by atoms with van der Waals surface area (Å²) >= 11 is 8.08. The van der Waals surface area contributed by atoms with Gasteiger partial charge in [0.2, 0.25) is 5.95 Å². The van der Waals surface area contributed by atoms with Gasteiger partial charge in [0, 0.05) is 3.57 Å². The highest BCUT2D eigenvalue weighted by molar-refractivity contribution is 14.1. The summed E-state index contributed by atoms with van der Waals surface area (Å²) in [6.45, 7) is 1.74. The Morgan fingerprint density at radius 1 is 1.53 bits per heavy atom. The van der Waals surface area contributed by atoms with Crippen molar-refractivity contribution in [2.24, 2.45) is 0 Å². The smallest absolute Gasteiger partial charge is 0.261 e. The van der Waals surface area contributed by atoms with Crippen molar-refractivity contribution >= 4 is 46.0 Å². The molecule has 19 heavy (non-hydrogen) atoms. The van der Waals surface area contributed by atoms with Gasteiger partial charge in [-0.05, 0) is 41.6 Å². The number of aryl methyl sites for hydroxylation is 1. The maximum atomic E-state index is 12.1. The summed E-state index contributed by atoms with van der Waals surface area (Å²) in [7, 11) is 1.49. The predicted octanol–water partition coefficient (Wildman–Crippen LogP) is 2.63. The summed E-state index contributed by atoms with van der Waals surface area (Å²) in [6.07, 6.45) is 0. The van der Waals surface area contributed by atoms with Gasteiger partial charge in [0.15, 0.2) is 0 Å². The Morgan fingerprint density at radius 2 is 2.26 bits per heavy atom. The minimum atomic E-state index is -0.380. The fourth-order valence-electron chi connectivity index (χ4n) is 1.44. The molecule has 1 amide bonds. The normalized spacial score (nSPS) is 10.3. The molecule has 1 aromatic carbocycles. The lowest BCUT2D eigenvalue weighted by Crippen LogP contribution is -2.14. The van der Waals surface area contributed by atoms with Gasteiger partial charge >= 0.3 is 0 Å². The lowest BCUT2D eigenvalue weighted by atomic mass is 10.2. The monoisotopic (exact) mass is 392 g/mol. The van der Waals surface area contributed by atoms with Gasteiger partial charge in [-0.15, -0.1) is 5.10 Å². The number of hydrogen-bond acceptors (Lipinski definition) is 4. The summed E-state index contributed by atoms with van der Waals surface area (Å²) in [5.41, 5.74) is 0.329. The van der Waals surface area contributed by atoms with Crippen LogP contribution in [0.4, 0.5) is 5.95 Å². The van der Waals surface area contributed by atoms with Gasteiger partial charge in [0.25, 0.3) is 5.91 Å². The topological polar surface area (TPSA) is 79.9 Å². The second kappa shape index (κ2) is 5.74. The molecule has 0 spiro atoms. The number of aromatic amines is 1. The third-order valence-electron chi connectivity index (χ3n) is 2.31. The summed E-state index contributed by atoms with van der Waals surface area (Å²) in [5.74, 6) is 0.884. The molecular weight excluding hydrogens is 383 g/mol. The molecule has 0 aliphatic carbocycles. The number of carbonyl (C=O) groups excluding carboxylic acids is 1. The van der Waals surface area contributed by atoms with E-state index in [2.05, 4.69) is 43.1 Å². The molecule has 0 bridgehead atoms. The summed E-state index contributed by atoms with van der Waals surface area (Å²) in [6, 6.07) is 3.25. The Balaban J connectivity index is 2.30. The van der Waals surface area contributed by atoms with Crippen LogP contribution in [0.1, 0.15) is 16.2 Å². The number of carbonyl (C=O) groups is 1. The lowest BCUT2D eigenvalue weighted by molar-refractivity contribution is 0.102. The molecule has 0 unspecified atom stereocenters. The van der Waals surface area contributed by atoms with Crippen LogP contribution < -0.4 is 10.1 Å². The number of anilines is 1. The van der Waals surface area contributed by atoms with E-state index in [-0.39, 0.29) is 11.9 Å². The molecule has 0 aliphatic rings. The first-order chi connectivity index (χ1) is 9.01. The molecular formula is C11H10ClIN4O2. The Labute approximate surface area is 128 Å². The molecule has 2 aromatic rings. The third kappa shape index (κ3) is 3.16. The van der Waals surface area contributed by atoms with E-state index in [1.807, 2.05) is 0 Å². The van der Waals surface area contributed by atoms with E-state index in [0.29, 0.717) is 22.2 Å². The van der Waals surface area contributed by atoms with Crippen LogP contribution in [-0.4, -0.2) is 28.2 Å². The van der Waals surface area contributed by atoms with Crippen molar-refractivity contribution in [2.45, 2.75) is 6.92 Å². The van der Waals surface area contributed by atoms with Crippen LogP contribution in [0.2, 0.25) is 5.02 Å². The van der Waals surface area contributed by atoms with Crippen LogP contribution in [0.5, 0.6) is 5.75 Å². The number of nitrogens with zero attached hydrogens (tertiary/aromatic N) is 2. The van der Waals surface area contributed by atoms with Gasteiger partial charge in [0.05, 0.1) is 17.7 Å². The first kappa shape index (κ1) is 14.1. The molecule has 2 rings (SSSR count). The number of benzene rings is 1. The van der Waals surface area contributed by atoms with Gasteiger partial charge in [-0.1, -0.05) is 11.6 Å². The predicted molar refractivity (Wildman–Crippen MR) is 79.8 cm³/mol.